The maximum atomic E-state index is 12.4. The van der Waals surface area contributed by atoms with E-state index >= 15 is 0 Å². The van der Waals surface area contributed by atoms with Crippen molar-refractivity contribution >= 4 is 17.7 Å². The summed E-state index contributed by atoms with van der Waals surface area (Å²) in [5.41, 5.74) is 5.93. The predicted octanol–water partition coefficient (Wildman–Crippen LogP) is 1.87. The summed E-state index contributed by atoms with van der Waals surface area (Å²) in [6.45, 7) is 1.36. The smallest absolute Gasteiger partial charge is 0.289 e. The molecule has 1 aliphatic rings. The van der Waals surface area contributed by atoms with E-state index in [1.54, 1.807) is 28.9 Å². The number of nitrogens with zero attached hydrogens (tertiary/aromatic N) is 3. The Morgan fingerprint density at radius 2 is 2.41 bits per heavy atom. The summed E-state index contributed by atoms with van der Waals surface area (Å²) in [5.74, 6) is 1.75. The summed E-state index contributed by atoms with van der Waals surface area (Å²) in [6, 6.07) is 3.68. The molecule has 7 heteroatoms. The SMILES string of the molecule is Cn1ccnc1SCc1ccc(C(=O)N2CCCC(N)C2)o1. The Labute approximate surface area is 133 Å². The summed E-state index contributed by atoms with van der Waals surface area (Å²) in [4.78, 5) is 18.4. The molecule has 1 aliphatic heterocycles. The number of imidazole rings is 1. The number of hydrogen-bond donors (Lipinski definition) is 1. The molecule has 6 nitrogen and oxygen atoms in total. The van der Waals surface area contributed by atoms with Crippen LogP contribution in [0.2, 0.25) is 0 Å². The first-order chi connectivity index (χ1) is 10.6. The van der Waals surface area contributed by atoms with Crippen LogP contribution >= 0.6 is 11.8 Å². The van der Waals surface area contributed by atoms with E-state index in [4.69, 9.17) is 10.2 Å². The predicted molar refractivity (Wildman–Crippen MR) is 84.6 cm³/mol. The highest BCUT2D eigenvalue weighted by Crippen LogP contribution is 2.23. The molecule has 22 heavy (non-hydrogen) atoms. The van der Waals surface area contributed by atoms with Crippen molar-refractivity contribution in [3.05, 3.63) is 36.0 Å². The molecule has 0 radical (unpaired) electrons. The van der Waals surface area contributed by atoms with Gasteiger partial charge in [-0.3, -0.25) is 4.79 Å². The van der Waals surface area contributed by atoms with Crippen molar-refractivity contribution in [3.63, 3.8) is 0 Å². The second-order valence-corrected chi connectivity index (χ2v) is 6.47. The van der Waals surface area contributed by atoms with Crippen molar-refractivity contribution in [2.75, 3.05) is 13.1 Å². The molecular weight excluding hydrogens is 300 g/mol. The largest absolute Gasteiger partial charge is 0.455 e. The number of nitrogens with two attached hydrogens (primary N) is 1. The topological polar surface area (TPSA) is 77.3 Å². The summed E-state index contributed by atoms with van der Waals surface area (Å²) in [5, 5.41) is 0.922. The van der Waals surface area contributed by atoms with Gasteiger partial charge in [0.25, 0.3) is 5.91 Å². The second kappa shape index (κ2) is 6.58. The lowest BCUT2D eigenvalue weighted by Crippen LogP contribution is -2.45. The standard InChI is InChI=1S/C15H20N4O2S/c1-18-8-6-17-15(18)22-10-12-4-5-13(21-12)14(20)19-7-2-3-11(16)9-19/h4-6,8,11H,2-3,7,9-10,16H2,1H3. The molecule has 1 fully saturated rings. The molecule has 1 amide bonds. The van der Waals surface area contributed by atoms with Crippen LogP contribution < -0.4 is 5.73 Å². The fraction of sp³-hybridized carbons (Fsp3) is 0.467. The van der Waals surface area contributed by atoms with Crippen LogP contribution in [0.25, 0.3) is 0 Å². The molecule has 1 saturated heterocycles. The Kier molecular flexibility index (Phi) is 4.54. The van der Waals surface area contributed by atoms with Gasteiger partial charge in [-0.2, -0.15) is 0 Å². The Balaban J connectivity index is 1.61. The highest BCUT2D eigenvalue weighted by Gasteiger charge is 2.24. The van der Waals surface area contributed by atoms with Crippen LogP contribution in [0.5, 0.6) is 0 Å². The van der Waals surface area contributed by atoms with Crippen molar-refractivity contribution in [2.24, 2.45) is 12.8 Å². The summed E-state index contributed by atoms with van der Waals surface area (Å²) in [7, 11) is 1.95. The van der Waals surface area contributed by atoms with Crippen LogP contribution in [0.4, 0.5) is 0 Å². The van der Waals surface area contributed by atoms with Crippen LogP contribution in [0.15, 0.2) is 34.1 Å². The minimum absolute atomic E-state index is 0.0663. The first kappa shape index (κ1) is 15.2. The van der Waals surface area contributed by atoms with Gasteiger partial charge in [-0.15, -0.1) is 0 Å². The van der Waals surface area contributed by atoms with Gasteiger partial charge in [0.05, 0.1) is 5.75 Å². The monoisotopic (exact) mass is 320 g/mol. The Hall–Kier alpha value is -1.73. The molecule has 118 valence electrons. The third-order valence-corrected chi connectivity index (χ3v) is 4.82. The van der Waals surface area contributed by atoms with Gasteiger partial charge >= 0.3 is 0 Å². The van der Waals surface area contributed by atoms with Gasteiger partial charge in [0.1, 0.15) is 5.76 Å². The van der Waals surface area contributed by atoms with E-state index in [0.717, 1.165) is 30.3 Å². The third-order valence-electron chi connectivity index (χ3n) is 3.74. The van der Waals surface area contributed by atoms with Gasteiger partial charge < -0.3 is 19.6 Å². The van der Waals surface area contributed by atoms with Gasteiger partial charge in [0, 0.05) is 38.6 Å². The molecule has 0 bridgehead atoms. The molecule has 0 aromatic carbocycles. The fourth-order valence-electron chi connectivity index (χ4n) is 2.55. The number of aromatic nitrogens is 2. The zero-order valence-electron chi connectivity index (χ0n) is 12.6. The zero-order valence-corrected chi connectivity index (χ0v) is 13.4. The van der Waals surface area contributed by atoms with E-state index < -0.39 is 0 Å². The van der Waals surface area contributed by atoms with Gasteiger partial charge in [-0.25, -0.2) is 4.98 Å². The minimum atomic E-state index is -0.0663. The summed E-state index contributed by atoms with van der Waals surface area (Å²) in [6.07, 6.45) is 5.60. The Bertz CT molecular complexity index is 652. The summed E-state index contributed by atoms with van der Waals surface area (Å²) >= 11 is 1.58. The van der Waals surface area contributed by atoms with Crippen molar-refractivity contribution in [3.8, 4) is 0 Å². The minimum Gasteiger partial charge on any atom is -0.455 e. The molecular formula is C15H20N4O2S. The first-order valence-electron chi connectivity index (χ1n) is 7.37. The molecule has 0 saturated carbocycles. The number of carbonyl (C=O) groups is 1. The number of carbonyl (C=O) groups excluding carboxylic acids is 1. The van der Waals surface area contributed by atoms with Crippen LogP contribution in [0.1, 0.15) is 29.2 Å². The number of hydrogen-bond acceptors (Lipinski definition) is 5. The van der Waals surface area contributed by atoms with E-state index in [9.17, 15) is 4.79 Å². The Morgan fingerprint density at radius 1 is 1.55 bits per heavy atom. The lowest BCUT2D eigenvalue weighted by molar-refractivity contribution is 0.0675. The first-order valence-corrected chi connectivity index (χ1v) is 8.36. The molecule has 0 aliphatic carbocycles. The maximum absolute atomic E-state index is 12.4. The van der Waals surface area contributed by atoms with E-state index in [2.05, 4.69) is 4.98 Å². The van der Waals surface area contributed by atoms with E-state index in [1.807, 2.05) is 23.9 Å². The number of rotatable bonds is 4. The maximum Gasteiger partial charge on any atom is 0.289 e. The molecule has 3 rings (SSSR count). The number of amides is 1. The van der Waals surface area contributed by atoms with Crippen LogP contribution in [0.3, 0.4) is 0 Å². The van der Waals surface area contributed by atoms with Crippen LogP contribution in [-0.2, 0) is 12.8 Å². The molecule has 2 aromatic rings. The average Bonchev–Trinajstić information content (AvgIpc) is 3.13. The molecule has 1 atom stereocenters. The van der Waals surface area contributed by atoms with Crippen LogP contribution in [-0.4, -0.2) is 39.5 Å². The number of thioether (sulfide) groups is 1. The van der Waals surface area contributed by atoms with E-state index in [1.165, 1.54) is 0 Å². The second-order valence-electron chi connectivity index (χ2n) is 5.53. The molecule has 3 heterocycles. The van der Waals surface area contributed by atoms with Gasteiger partial charge in [0.15, 0.2) is 10.9 Å². The number of likely N-dealkylation sites (tertiary alicyclic amines) is 1. The average molecular weight is 320 g/mol. The van der Waals surface area contributed by atoms with Gasteiger partial charge in [0.2, 0.25) is 0 Å². The lowest BCUT2D eigenvalue weighted by atomic mass is 10.1. The van der Waals surface area contributed by atoms with E-state index in [0.29, 0.717) is 18.1 Å². The van der Waals surface area contributed by atoms with Crippen molar-refractivity contribution in [2.45, 2.75) is 29.8 Å². The highest BCUT2D eigenvalue weighted by molar-refractivity contribution is 7.98. The lowest BCUT2D eigenvalue weighted by Gasteiger charge is -2.30. The highest BCUT2D eigenvalue weighted by atomic mass is 32.2. The normalized spacial score (nSPS) is 18.6. The van der Waals surface area contributed by atoms with Crippen molar-refractivity contribution < 1.29 is 9.21 Å². The molecule has 2 aromatic heterocycles. The fourth-order valence-corrected chi connectivity index (χ4v) is 3.37. The third kappa shape index (κ3) is 3.36. The van der Waals surface area contributed by atoms with Gasteiger partial charge in [-0.1, -0.05) is 11.8 Å². The van der Waals surface area contributed by atoms with E-state index in [-0.39, 0.29) is 11.9 Å². The van der Waals surface area contributed by atoms with Crippen molar-refractivity contribution in [1.29, 1.82) is 0 Å². The number of aryl methyl sites for hydroxylation is 1. The Morgan fingerprint density at radius 3 is 3.14 bits per heavy atom. The van der Waals surface area contributed by atoms with Crippen molar-refractivity contribution in [1.82, 2.24) is 14.5 Å². The van der Waals surface area contributed by atoms with Crippen LogP contribution in [0, 0.1) is 0 Å². The molecule has 0 spiro atoms. The number of piperidine rings is 1. The summed E-state index contributed by atoms with van der Waals surface area (Å²) < 4.78 is 7.64. The van der Waals surface area contributed by atoms with Gasteiger partial charge in [-0.05, 0) is 25.0 Å². The molecule has 2 N–H and O–H groups in total. The zero-order chi connectivity index (χ0) is 15.5. The molecule has 1 unspecified atom stereocenters. The quantitative estimate of drug-likeness (QED) is 0.870. The number of furan rings is 1.